The molecule has 0 bridgehead atoms. The molecule has 1 heterocycles. The van der Waals surface area contributed by atoms with Crippen LogP contribution in [0, 0.1) is 0 Å². The molecular formula is C28H30N2O4. The molecule has 0 saturated carbocycles. The molecule has 1 saturated heterocycles. The molecular weight excluding hydrogens is 428 g/mol. The molecule has 0 spiro atoms. The maximum absolute atomic E-state index is 10.7. The van der Waals surface area contributed by atoms with Crippen molar-refractivity contribution in [2.24, 2.45) is 0 Å². The van der Waals surface area contributed by atoms with Crippen LogP contribution in [0.2, 0.25) is 0 Å². The first-order chi connectivity index (χ1) is 16.7. The smallest absolute Gasteiger partial charge is 0.210 e. The Labute approximate surface area is 199 Å². The quantitative estimate of drug-likeness (QED) is 0.393. The van der Waals surface area contributed by atoms with E-state index in [2.05, 4.69) is 17.0 Å². The lowest BCUT2D eigenvalue weighted by Crippen LogP contribution is -2.53. The van der Waals surface area contributed by atoms with E-state index < -0.39 is 12.5 Å². The van der Waals surface area contributed by atoms with Gasteiger partial charge in [0.15, 0.2) is 0 Å². The summed E-state index contributed by atoms with van der Waals surface area (Å²) in [7, 11) is 0. The Morgan fingerprint density at radius 3 is 1.91 bits per heavy atom. The first-order valence-electron chi connectivity index (χ1n) is 11.7. The molecule has 4 aromatic rings. The second kappa shape index (κ2) is 10.4. The lowest BCUT2D eigenvalue weighted by molar-refractivity contribution is -0.0740. The third-order valence-electron chi connectivity index (χ3n) is 6.39. The molecule has 1 aliphatic rings. The van der Waals surface area contributed by atoms with Crippen molar-refractivity contribution in [3.8, 4) is 11.5 Å². The van der Waals surface area contributed by atoms with Crippen molar-refractivity contribution in [2.75, 3.05) is 39.3 Å². The number of fused-ring (bicyclic) bond motifs is 2. The fraction of sp³-hybridized carbons (Fsp3) is 0.286. The van der Waals surface area contributed by atoms with Crippen molar-refractivity contribution in [3.63, 3.8) is 0 Å². The van der Waals surface area contributed by atoms with Gasteiger partial charge in [-0.1, -0.05) is 72.8 Å². The predicted molar refractivity (Wildman–Crippen MR) is 134 cm³/mol. The van der Waals surface area contributed by atoms with Crippen LogP contribution in [0.4, 0.5) is 0 Å². The second-order valence-corrected chi connectivity index (χ2v) is 8.66. The van der Waals surface area contributed by atoms with Gasteiger partial charge in [0.25, 0.3) is 0 Å². The highest BCUT2D eigenvalue weighted by Gasteiger charge is 2.24. The van der Waals surface area contributed by atoms with Crippen molar-refractivity contribution in [1.29, 1.82) is 0 Å². The van der Waals surface area contributed by atoms with E-state index in [9.17, 15) is 10.2 Å². The van der Waals surface area contributed by atoms with Crippen molar-refractivity contribution >= 4 is 21.5 Å². The highest BCUT2D eigenvalue weighted by molar-refractivity contribution is 5.88. The van der Waals surface area contributed by atoms with Crippen molar-refractivity contribution in [3.05, 3.63) is 84.9 Å². The SMILES string of the molecule is O[C@H](COc1cccc2ccccc12)N1CCN(C[C@H](O)Oc2cccc3ccccc23)CC1. The second-order valence-electron chi connectivity index (χ2n) is 8.66. The highest BCUT2D eigenvalue weighted by atomic mass is 16.6. The largest absolute Gasteiger partial charge is 0.489 e. The first kappa shape index (κ1) is 22.6. The average Bonchev–Trinajstić information content (AvgIpc) is 2.88. The van der Waals surface area contributed by atoms with E-state index in [0.29, 0.717) is 25.4 Å². The summed E-state index contributed by atoms with van der Waals surface area (Å²) in [5.41, 5.74) is 0. The Hall–Kier alpha value is -3.16. The molecule has 0 radical (unpaired) electrons. The van der Waals surface area contributed by atoms with Gasteiger partial charge in [-0.2, -0.15) is 0 Å². The van der Waals surface area contributed by atoms with E-state index in [4.69, 9.17) is 9.47 Å². The Bertz CT molecular complexity index is 1230. The predicted octanol–water partition coefficient (Wildman–Crippen LogP) is 3.71. The number of rotatable bonds is 8. The van der Waals surface area contributed by atoms with Gasteiger partial charge in [-0.3, -0.25) is 9.80 Å². The number of hydrogen-bond donors (Lipinski definition) is 2. The molecule has 0 aromatic heterocycles. The van der Waals surface area contributed by atoms with Crippen LogP contribution in [0.3, 0.4) is 0 Å². The monoisotopic (exact) mass is 458 g/mol. The van der Waals surface area contributed by atoms with Crippen LogP contribution in [-0.2, 0) is 0 Å². The van der Waals surface area contributed by atoms with Crippen molar-refractivity contribution in [2.45, 2.75) is 12.5 Å². The standard InChI is InChI=1S/C28H30N2O4/c31-27(20-33-25-13-5-9-21-7-1-3-11-23(21)25)30-17-15-29(16-18-30)19-28(32)34-26-14-6-10-22-8-2-4-12-24(22)26/h1-14,27-28,31-32H,15-20H2/t27-,28-/m1/s1. The summed E-state index contributed by atoms with van der Waals surface area (Å²) in [6.45, 7) is 3.49. The van der Waals surface area contributed by atoms with Gasteiger partial charge in [0.2, 0.25) is 6.29 Å². The minimum atomic E-state index is -0.919. The van der Waals surface area contributed by atoms with Crippen LogP contribution >= 0.6 is 0 Å². The molecule has 0 amide bonds. The van der Waals surface area contributed by atoms with E-state index in [0.717, 1.165) is 40.4 Å². The van der Waals surface area contributed by atoms with Gasteiger partial charge in [-0.15, -0.1) is 0 Å². The highest BCUT2D eigenvalue weighted by Crippen LogP contribution is 2.27. The number of aliphatic hydroxyl groups is 2. The zero-order valence-corrected chi connectivity index (χ0v) is 19.1. The van der Waals surface area contributed by atoms with Gasteiger partial charge in [0, 0.05) is 37.0 Å². The fourth-order valence-electron chi connectivity index (χ4n) is 4.54. The van der Waals surface area contributed by atoms with Gasteiger partial charge in [0.05, 0.1) is 6.54 Å². The molecule has 2 N–H and O–H groups in total. The van der Waals surface area contributed by atoms with Crippen LogP contribution in [0.1, 0.15) is 0 Å². The van der Waals surface area contributed by atoms with Crippen LogP contribution in [0.25, 0.3) is 21.5 Å². The van der Waals surface area contributed by atoms with Gasteiger partial charge in [0.1, 0.15) is 24.3 Å². The minimum absolute atomic E-state index is 0.209. The molecule has 4 aromatic carbocycles. The van der Waals surface area contributed by atoms with Gasteiger partial charge < -0.3 is 19.7 Å². The van der Waals surface area contributed by atoms with Crippen LogP contribution in [0.15, 0.2) is 84.9 Å². The number of ether oxygens (including phenoxy) is 2. The summed E-state index contributed by atoms with van der Waals surface area (Å²) in [6, 6.07) is 27.9. The topological polar surface area (TPSA) is 65.4 Å². The zero-order chi connectivity index (χ0) is 23.3. The van der Waals surface area contributed by atoms with E-state index in [-0.39, 0.29) is 6.61 Å². The summed E-state index contributed by atoms with van der Waals surface area (Å²) in [5.74, 6) is 1.47. The lowest BCUT2D eigenvalue weighted by Gasteiger charge is -2.37. The molecule has 6 heteroatoms. The van der Waals surface area contributed by atoms with E-state index in [1.165, 1.54) is 0 Å². The van der Waals surface area contributed by atoms with Gasteiger partial charge in [-0.05, 0) is 22.9 Å². The zero-order valence-electron chi connectivity index (χ0n) is 19.1. The maximum Gasteiger partial charge on any atom is 0.210 e. The Morgan fingerprint density at radius 1 is 0.676 bits per heavy atom. The number of hydrogen-bond acceptors (Lipinski definition) is 6. The fourth-order valence-corrected chi connectivity index (χ4v) is 4.54. The van der Waals surface area contributed by atoms with Gasteiger partial charge >= 0.3 is 0 Å². The molecule has 0 aliphatic carbocycles. The average molecular weight is 459 g/mol. The first-order valence-corrected chi connectivity index (χ1v) is 11.7. The summed E-state index contributed by atoms with van der Waals surface area (Å²) in [6.07, 6.45) is -1.60. The molecule has 0 unspecified atom stereocenters. The Kier molecular flexibility index (Phi) is 6.92. The van der Waals surface area contributed by atoms with Crippen LogP contribution < -0.4 is 9.47 Å². The molecule has 6 nitrogen and oxygen atoms in total. The number of nitrogens with zero attached hydrogens (tertiary/aromatic N) is 2. The minimum Gasteiger partial charge on any atom is -0.489 e. The molecule has 1 fully saturated rings. The third-order valence-corrected chi connectivity index (χ3v) is 6.39. The van der Waals surface area contributed by atoms with Crippen LogP contribution in [0.5, 0.6) is 11.5 Å². The number of piperazine rings is 1. The normalized spacial score (nSPS) is 17.0. The molecule has 5 rings (SSSR count). The van der Waals surface area contributed by atoms with Crippen molar-refractivity contribution < 1.29 is 19.7 Å². The van der Waals surface area contributed by atoms with Crippen molar-refractivity contribution in [1.82, 2.24) is 9.80 Å². The summed E-state index contributed by atoms with van der Waals surface area (Å²) < 4.78 is 11.8. The lowest BCUT2D eigenvalue weighted by atomic mass is 10.1. The van der Waals surface area contributed by atoms with E-state index in [1.807, 2.05) is 77.7 Å². The number of benzene rings is 4. The van der Waals surface area contributed by atoms with E-state index >= 15 is 0 Å². The van der Waals surface area contributed by atoms with Crippen LogP contribution in [-0.4, -0.2) is 71.9 Å². The Morgan fingerprint density at radius 2 is 1.24 bits per heavy atom. The Balaban J connectivity index is 1.10. The van der Waals surface area contributed by atoms with E-state index in [1.54, 1.807) is 0 Å². The molecule has 34 heavy (non-hydrogen) atoms. The maximum atomic E-state index is 10.7. The molecule has 2 atom stereocenters. The number of aliphatic hydroxyl groups excluding tert-OH is 2. The third kappa shape index (κ3) is 5.16. The van der Waals surface area contributed by atoms with Gasteiger partial charge in [-0.25, -0.2) is 0 Å². The summed E-state index contributed by atoms with van der Waals surface area (Å²) in [5, 5.41) is 25.5. The summed E-state index contributed by atoms with van der Waals surface area (Å²) >= 11 is 0. The number of β-amino-alcohol motifs (C(OH)–C–C–N with tert-alkyl or cyclic N) is 1. The molecule has 176 valence electrons. The molecule has 1 aliphatic heterocycles. The summed E-state index contributed by atoms with van der Waals surface area (Å²) in [4.78, 5) is 4.17.